The van der Waals surface area contributed by atoms with Gasteiger partial charge in [-0.25, -0.2) is 14.8 Å². The molecule has 0 aliphatic rings. The zero-order chi connectivity index (χ0) is 20.5. The molecule has 0 saturated carbocycles. The third-order valence-electron chi connectivity index (χ3n) is 4.09. The molecular formula is C20H30N6O2. The van der Waals surface area contributed by atoms with Crippen molar-refractivity contribution < 1.29 is 9.63 Å². The van der Waals surface area contributed by atoms with Gasteiger partial charge in [0.25, 0.3) is 0 Å². The first-order valence-corrected chi connectivity index (χ1v) is 9.29. The summed E-state index contributed by atoms with van der Waals surface area (Å²) >= 11 is 0. The topological polar surface area (TPSA) is 82.6 Å². The van der Waals surface area contributed by atoms with Gasteiger partial charge in [0.2, 0.25) is 5.95 Å². The lowest BCUT2D eigenvalue weighted by Gasteiger charge is -2.14. The first-order valence-electron chi connectivity index (χ1n) is 9.29. The highest BCUT2D eigenvalue weighted by molar-refractivity contribution is 5.95. The van der Waals surface area contributed by atoms with Gasteiger partial charge >= 0.3 is 5.97 Å². The molecule has 0 saturated heterocycles. The summed E-state index contributed by atoms with van der Waals surface area (Å²) < 4.78 is 0. The zero-order valence-electron chi connectivity index (χ0n) is 17.3. The maximum atomic E-state index is 12.7. The Labute approximate surface area is 166 Å². The van der Waals surface area contributed by atoms with E-state index in [2.05, 4.69) is 25.7 Å². The van der Waals surface area contributed by atoms with E-state index >= 15 is 0 Å². The molecule has 0 spiro atoms. The Morgan fingerprint density at radius 1 is 1.04 bits per heavy atom. The van der Waals surface area contributed by atoms with Crippen molar-refractivity contribution in [3.63, 3.8) is 0 Å². The SMILES string of the molecule is Cc1ccccc1-c1cnc(NCCN(C)C)nc1C(=O)ONCCN(C)C. The first kappa shape index (κ1) is 21.7. The van der Waals surface area contributed by atoms with Gasteiger partial charge in [0.05, 0.1) is 0 Å². The van der Waals surface area contributed by atoms with E-state index in [-0.39, 0.29) is 5.69 Å². The quantitative estimate of drug-likeness (QED) is 0.471. The summed E-state index contributed by atoms with van der Waals surface area (Å²) in [7, 11) is 7.89. The Hall–Kier alpha value is -2.55. The Bertz CT molecular complexity index is 779. The third-order valence-corrected chi connectivity index (χ3v) is 4.09. The maximum absolute atomic E-state index is 12.7. The van der Waals surface area contributed by atoms with Crippen molar-refractivity contribution in [1.82, 2.24) is 25.2 Å². The van der Waals surface area contributed by atoms with Crippen LogP contribution in [0.3, 0.4) is 0 Å². The summed E-state index contributed by atoms with van der Waals surface area (Å²) in [5.74, 6) is -0.130. The second-order valence-corrected chi connectivity index (χ2v) is 7.09. The fourth-order valence-corrected chi connectivity index (χ4v) is 2.52. The van der Waals surface area contributed by atoms with E-state index in [1.54, 1.807) is 6.20 Å². The number of carbonyl (C=O) groups is 1. The van der Waals surface area contributed by atoms with Crippen LogP contribution in [0, 0.1) is 6.92 Å². The second kappa shape index (κ2) is 10.7. The molecule has 1 aromatic heterocycles. The smallest absolute Gasteiger partial charge is 0.366 e. The standard InChI is InChI=1S/C20H30N6O2/c1-15-8-6-7-9-16(15)17-14-22-20(21-10-12-25(2)3)24-18(17)19(27)28-23-11-13-26(4)5/h6-9,14,23H,10-13H2,1-5H3,(H,21,22,24). The van der Waals surface area contributed by atoms with E-state index in [1.807, 2.05) is 64.3 Å². The average molecular weight is 387 g/mol. The van der Waals surface area contributed by atoms with Crippen LogP contribution in [0.25, 0.3) is 11.1 Å². The van der Waals surface area contributed by atoms with Crippen molar-refractivity contribution in [2.75, 3.05) is 59.7 Å². The Kier molecular flexibility index (Phi) is 8.31. The van der Waals surface area contributed by atoms with Crippen molar-refractivity contribution in [2.24, 2.45) is 0 Å². The molecule has 1 aromatic carbocycles. The van der Waals surface area contributed by atoms with Crippen LogP contribution in [0.2, 0.25) is 0 Å². The number of aromatic nitrogens is 2. The van der Waals surface area contributed by atoms with Crippen LogP contribution in [-0.2, 0) is 4.84 Å². The fourth-order valence-electron chi connectivity index (χ4n) is 2.52. The van der Waals surface area contributed by atoms with E-state index in [1.165, 1.54) is 0 Å². The molecule has 0 fully saturated rings. The van der Waals surface area contributed by atoms with Crippen LogP contribution in [0.4, 0.5) is 5.95 Å². The van der Waals surface area contributed by atoms with Crippen molar-refractivity contribution >= 4 is 11.9 Å². The lowest BCUT2D eigenvalue weighted by atomic mass is 10.0. The summed E-state index contributed by atoms with van der Waals surface area (Å²) in [4.78, 5) is 30.8. The molecule has 28 heavy (non-hydrogen) atoms. The summed E-state index contributed by atoms with van der Waals surface area (Å²) in [5.41, 5.74) is 5.53. The van der Waals surface area contributed by atoms with Crippen molar-refractivity contribution in [3.8, 4) is 11.1 Å². The Balaban J connectivity index is 2.23. The van der Waals surface area contributed by atoms with Gasteiger partial charge in [-0.1, -0.05) is 24.3 Å². The lowest BCUT2D eigenvalue weighted by molar-refractivity contribution is 0.0237. The van der Waals surface area contributed by atoms with Crippen LogP contribution in [0.5, 0.6) is 0 Å². The van der Waals surface area contributed by atoms with E-state index in [0.29, 0.717) is 24.6 Å². The third kappa shape index (κ3) is 6.56. The minimum absolute atomic E-state index is 0.231. The number of aryl methyl sites for hydroxylation is 1. The number of nitrogens with zero attached hydrogens (tertiary/aromatic N) is 4. The average Bonchev–Trinajstić information content (AvgIpc) is 2.65. The number of benzene rings is 1. The molecule has 1 heterocycles. The number of nitrogens with one attached hydrogen (secondary N) is 2. The van der Waals surface area contributed by atoms with Gasteiger partial charge in [-0.2, -0.15) is 5.48 Å². The van der Waals surface area contributed by atoms with E-state index in [0.717, 1.165) is 24.2 Å². The molecule has 0 aliphatic heterocycles. The van der Waals surface area contributed by atoms with Crippen LogP contribution >= 0.6 is 0 Å². The number of hydrogen-bond acceptors (Lipinski definition) is 8. The first-order chi connectivity index (χ1) is 13.4. The number of carbonyl (C=O) groups excluding carboxylic acids is 1. The highest BCUT2D eigenvalue weighted by Crippen LogP contribution is 2.26. The van der Waals surface area contributed by atoms with Crippen LogP contribution in [0.1, 0.15) is 16.1 Å². The Morgan fingerprint density at radius 3 is 2.39 bits per heavy atom. The van der Waals surface area contributed by atoms with E-state index in [4.69, 9.17) is 4.84 Å². The van der Waals surface area contributed by atoms with Crippen molar-refractivity contribution in [3.05, 3.63) is 41.7 Å². The number of anilines is 1. The van der Waals surface area contributed by atoms with Gasteiger partial charge in [0, 0.05) is 37.9 Å². The summed E-state index contributed by atoms with van der Waals surface area (Å²) in [5, 5.41) is 3.15. The second-order valence-electron chi connectivity index (χ2n) is 7.09. The van der Waals surface area contributed by atoms with Gasteiger partial charge in [-0.3, -0.25) is 0 Å². The largest absolute Gasteiger partial charge is 0.376 e. The summed E-state index contributed by atoms with van der Waals surface area (Å²) in [6, 6.07) is 7.82. The predicted molar refractivity (Wildman–Crippen MR) is 111 cm³/mol. The molecule has 0 aliphatic carbocycles. The minimum atomic E-state index is -0.532. The molecule has 152 valence electrons. The molecule has 0 unspecified atom stereocenters. The summed E-state index contributed by atoms with van der Waals surface area (Å²) in [6.07, 6.45) is 1.67. The summed E-state index contributed by atoms with van der Waals surface area (Å²) in [6.45, 7) is 4.76. The van der Waals surface area contributed by atoms with Gasteiger partial charge in [-0.05, 0) is 46.2 Å². The van der Waals surface area contributed by atoms with Crippen molar-refractivity contribution in [1.29, 1.82) is 0 Å². The van der Waals surface area contributed by atoms with Gasteiger partial charge < -0.3 is 20.0 Å². The number of rotatable bonds is 10. The highest BCUT2D eigenvalue weighted by atomic mass is 16.7. The Morgan fingerprint density at radius 2 is 1.71 bits per heavy atom. The van der Waals surface area contributed by atoms with Crippen LogP contribution < -0.4 is 10.8 Å². The van der Waals surface area contributed by atoms with Gasteiger partial charge in [-0.15, -0.1) is 0 Å². The molecule has 2 aromatic rings. The molecule has 0 amide bonds. The zero-order valence-corrected chi connectivity index (χ0v) is 17.3. The predicted octanol–water partition coefficient (Wildman–Crippen LogP) is 1.65. The highest BCUT2D eigenvalue weighted by Gasteiger charge is 2.19. The van der Waals surface area contributed by atoms with Crippen LogP contribution in [-0.4, -0.2) is 80.1 Å². The van der Waals surface area contributed by atoms with E-state index < -0.39 is 5.97 Å². The number of likely N-dealkylation sites (N-methyl/N-ethyl adjacent to an activating group) is 2. The normalized spacial score (nSPS) is 11.1. The van der Waals surface area contributed by atoms with Gasteiger partial charge in [0.1, 0.15) is 0 Å². The molecule has 2 N–H and O–H groups in total. The molecule has 0 bridgehead atoms. The molecule has 8 heteroatoms. The molecular weight excluding hydrogens is 356 g/mol. The molecule has 0 radical (unpaired) electrons. The van der Waals surface area contributed by atoms with Crippen molar-refractivity contribution in [2.45, 2.75) is 6.92 Å². The monoisotopic (exact) mass is 386 g/mol. The maximum Gasteiger partial charge on any atom is 0.376 e. The number of hydrogen-bond donors (Lipinski definition) is 2. The van der Waals surface area contributed by atoms with Crippen LogP contribution in [0.15, 0.2) is 30.5 Å². The molecule has 2 rings (SSSR count). The lowest BCUT2D eigenvalue weighted by Crippen LogP contribution is -2.29. The van der Waals surface area contributed by atoms with Gasteiger partial charge in [0.15, 0.2) is 5.69 Å². The molecule has 0 atom stereocenters. The fraction of sp³-hybridized carbons (Fsp3) is 0.450. The minimum Gasteiger partial charge on any atom is -0.366 e. The van der Waals surface area contributed by atoms with E-state index in [9.17, 15) is 4.79 Å². The molecule has 8 nitrogen and oxygen atoms in total. The number of hydroxylamine groups is 1.